The highest BCUT2D eigenvalue weighted by atomic mass is 16.5. The van der Waals surface area contributed by atoms with Gasteiger partial charge in [0.05, 0.1) is 12.8 Å². The van der Waals surface area contributed by atoms with Crippen LogP contribution in [0.2, 0.25) is 0 Å². The molecule has 18 heavy (non-hydrogen) atoms. The number of carboxylic acid groups (broad SMARTS) is 1. The zero-order valence-corrected chi connectivity index (χ0v) is 9.51. The largest absolute Gasteiger partial charge is 0.496 e. The van der Waals surface area contributed by atoms with Crippen LogP contribution in [0.5, 0.6) is 5.75 Å². The van der Waals surface area contributed by atoms with Gasteiger partial charge in [-0.1, -0.05) is 12.1 Å². The van der Waals surface area contributed by atoms with E-state index in [1.165, 1.54) is 13.2 Å². The van der Waals surface area contributed by atoms with Gasteiger partial charge in [0.2, 0.25) is 0 Å². The number of benzene rings is 1. The van der Waals surface area contributed by atoms with E-state index in [-0.39, 0.29) is 11.4 Å². The topological polar surface area (TPSA) is 92.3 Å². The number of rotatable bonds is 3. The van der Waals surface area contributed by atoms with E-state index in [9.17, 15) is 9.59 Å². The summed E-state index contributed by atoms with van der Waals surface area (Å²) in [5, 5.41) is 8.88. The number of nitrogens with zero attached hydrogens (tertiary/aromatic N) is 1. The third-order valence-corrected chi connectivity index (χ3v) is 2.36. The van der Waals surface area contributed by atoms with Gasteiger partial charge in [0.25, 0.3) is 0 Å². The lowest BCUT2D eigenvalue weighted by Crippen LogP contribution is -2.16. The molecular formula is C12H10N2O4. The molecule has 0 saturated carbocycles. The van der Waals surface area contributed by atoms with Crippen LogP contribution in [0.1, 0.15) is 10.5 Å². The fourth-order valence-electron chi connectivity index (χ4n) is 1.57. The van der Waals surface area contributed by atoms with Gasteiger partial charge in [0.15, 0.2) is 0 Å². The van der Waals surface area contributed by atoms with Crippen LogP contribution in [-0.2, 0) is 0 Å². The van der Waals surface area contributed by atoms with Gasteiger partial charge in [-0.15, -0.1) is 0 Å². The Hall–Kier alpha value is -2.63. The van der Waals surface area contributed by atoms with Crippen LogP contribution in [0.4, 0.5) is 0 Å². The van der Waals surface area contributed by atoms with Crippen molar-refractivity contribution >= 4 is 5.97 Å². The number of carbonyl (C=O) groups is 1. The minimum Gasteiger partial charge on any atom is -0.496 e. The molecule has 0 spiro atoms. The summed E-state index contributed by atoms with van der Waals surface area (Å²) in [7, 11) is 1.49. The Labute approximate surface area is 102 Å². The summed E-state index contributed by atoms with van der Waals surface area (Å²) in [5.74, 6) is -0.697. The van der Waals surface area contributed by atoms with Crippen molar-refractivity contribution < 1.29 is 14.6 Å². The van der Waals surface area contributed by atoms with E-state index in [1.807, 2.05) is 0 Å². The minimum atomic E-state index is -1.22. The first kappa shape index (κ1) is 11.8. The van der Waals surface area contributed by atoms with Gasteiger partial charge >= 0.3 is 11.7 Å². The van der Waals surface area contributed by atoms with Crippen molar-refractivity contribution in [1.82, 2.24) is 9.97 Å². The summed E-state index contributed by atoms with van der Waals surface area (Å²) >= 11 is 0. The number of aromatic nitrogens is 2. The summed E-state index contributed by atoms with van der Waals surface area (Å²) in [4.78, 5) is 28.1. The predicted octanol–water partition coefficient (Wildman–Crippen LogP) is 1.14. The van der Waals surface area contributed by atoms with Crippen molar-refractivity contribution in [3.8, 4) is 17.0 Å². The van der Waals surface area contributed by atoms with E-state index in [4.69, 9.17) is 9.84 Å². The Morgan fingerprint density at radius 3 is 2.78 bits per heavy atom. The standard InChI is InChI=1S/C12H10N2O4/c1-18-10-5-3-2-4-7(10)8-6-9(11(15)16)14-12(17)13-8/h2-6H,1H3,(H,15,16)(H,13,14,17). The molecule has 6 heteroatoms. The Morgan fingerprint density at radius 2 is 2.11 bits per heavy atom. The van der Waals surface area contributed by atoms with E-state index >= 15 is 0 Å². The first-order valence-corrected chi connectivity index (χ1v) is 5.10. The van der Waals surface area contributed by atoms with E-state index in [0.29, 0.717) is 11.3 Å². The van der Waals surface area contributed by atoms with Crippen molar-refractivity contribution in [1.29, 1.82) is 0 Å². The Bertz CT molecular complexity index is 649. The number of methoxy groups -OCH3 is 1. The molecule has 0 aliphatic rings. The quantitative estimate of drug-likeness (QED) is 0.847. The molecule has 2 aromatic rings. The number of aromatic carboxylic acids is 1. The highest BCUT2D eigenvalue weighted by Crippen LogP contribution is 2.27. The van der Waals surface area contributed by atoms with E-state index in [1.54, 1.807) is 24.3 Å². The van der Waals surface area contributed by atoms with Crippen molar-refractivity contribution in [3.05, 3.63) is 46.5 Å². The first-order chi connectivity index (χ1) is 8.61. The van der Waals surface area contributed by atoms with Gasteiger partial charge in [0, 0.05) is 5.56 Å². The van der Waals surface area contributed by atoms with Gasteiger partial charge in [-0.3, -0.25) is 4.98 Å². The molecule has 1 heterocycles. The average molecular weight is 246 g/mol. The molecule has 92 valence electrons. The van der Waals surface area contributed by atoms with Crippen LogP contribution in [0, 0.1) is 0 Å². The molecular weight excluding hydrogens is 236 g/mol. The van der Waals surface area contributed by atoms with Crippen molar-refractivity contribution in [2.24, 2.45) is 0 Å². The Kier molecular flexibility index (Phi) is 3.09. The van der Waals surface area contributed by atoms with Crippen molar-refractivity contribution in [2.45, 2.75) is 0 Å². The number of ether oxygens (including phenoxy) is 1. The van der Waals surface area contributed by atoms with Crippen molar-refractivity contribution in [2.75, 3.05) is 7.11 Å². The SMILES string of the molecule is COc1ccccc1-c1cc(C(=O)O)[nH]c(=O)n1. The van der Waals surface area contributed by atoms with Gasteiger partial charge in [-0.05, 0) is 18.2 Å². The summed E-state index contributed by atoms with van der Waals surface area (Å²) in [6, 6.07) is 8.22. The van der Waals surface area contributed by atoms with Gasteiger partial charge in [0.1, 0.15) is 11.4 Å². The molecule has 0 fully saturated rings. The minimum absolute atomic E-state index is 0.212. The van der Waals surface area contributed by atoms with Crippen LogP contribution in [0.3, 0.4) is 0 Å². The fourth-order valence-corrected chi connectivity index (χ4v) is 1.57. The molecule has 0 bridgehead atoms. The maximum atomic E-state index is 11.3. The predicted molar refractivity (Wildman–Crippen MR) is 63.8 cm³/mol. The number of hydrogen-bond donors (Lipinski definition) is 2. The highest BCUT2D eigenvalue weighted by Gasteiger charge is 2.11. The molecule has 0 amide bonds. The number of aromatic amines is 1. The molecule has 0 unspecified atom stereocenters. The lowest BCUT2D eigenvalue weighted by molar-refractivity contribution is 0.0690. The number of nitrogens with one attached hydrogen (secondary N) is 1. The molecule has 0 atom stereocenters. The first-order valence-electron chi connectivity index (χ1n) is 5.10. The third-order valence-electron chi connectivity index (χ3n) is 2.36. The van der Waals surface area contributed by atoms with Crippen LogP contribution in [0.25, 0.3) is 11.3 Å². The van der Waals surface area contributed by atoms with E-state index in [2.05, 4.69) is 9.97 Å². The van der Waals surface area contributed by atoms with Crippen LogP contribution in [-0.4, -0.2) is 28.2 Å². The van der Waals surface area contributed by atoms with Gasteiger partial charge in [-0.2, -0.15) is 4.98 Å². The molecule has 0 aliphatic carbocycles. The maximum absolute atomic E-state index is 11.3. The fraction of sp³-hybridized carbons (Fsp3) is 0.0833. The summed E-state index contributed by atoms with van der Waals surface area (Å²) in [5.41, 5.74) is -0.103. The average Bonchev–Trinajstić information content (AvgIpc) is 2.38. The molecule has 0 saturated heterocycles. The molecule has 1 aromatic heterocycles. The van der Waals surface area contributed by atoms with Gasteiger partial charge in [-0.25, -0.2) is 9.59 Å². The van der Waals surface area contributed by atoms with Gasteiger partial charge < -0.3 is 9.84 Å². The molecule has 0 radical (unpaired) electrons. The zero-order valence-electron chi connectivity index (χ0n) is 9.51. The highest BCUT2D eigenvalue weighted by molar-refractivity contribution is 5.86. The second kappa shape index (κ2) is 4.70. The number of H-pyrrole nitrogens is 1. The number of para-hydroxylation sites is 1. The monoisotopic (exact) mass is 246 g/mol. The smallest absolute Gasteiger partial charge is 0.352 e. The third kappa shape index (κ3) is 2.22. The van der Waals surface area contributed by atoms with Crippen LogP contribution >= 0.6 is 0 Å². The normalized spacial score (nSPS) is 10.1. The maximum Gasteiger partial charge on any atom is 0.352 e. The number of hydrogen-bond acceptors (Lipinski definition) is 4. The Morgan fingerprint density at radius 1 is 1.39 bits per heavy atom. The molecule has 2 rings (SSSR count). The second-order valence-electron chi connectivity index (χ2n) is 3.49. The second-order valence-corrected chi connectivity index (χ2v) is 3.49. The molecule has 0 aliphatic heterocycles. The van der Waals surface area contributed by atoms with Crippen LogP contribution < -0.4 is 10.4 Å². The summed E-state index contributed by atoms with van der Waals surface area (Å²) < 4.78 is 5.14. The summed E-state index contributed by atoms with van der Waals surface area (Å²) in [6.45, 7) is 0. The van der Waals surface area contributed by atoms with E-state index < -0.39 is 11.7 Å². The molecule has 2 N–H and O–H groups in total. The van der Waals surface area contributed by atoms with Crippen molar-refractivity contribution in [3.63, 3.8) is 0 Å². The number of carboxylic acids is 1. The molecule has 6 nitrogen and oxygen atoms in total. The molecule has 1 aromatic carbocycles. The lowest BCUT2D eigenvalue weighted by Gasteiger charge is -2.07. The Balaban J connectivity index is 2.64. The van der Waals surface area contributed by atoms with Crippen LogP contribution in [0.15, 0.2) is 35.1 Å². The zero-order chi connectivity index (χ0) is 13.1. The summed E-state index contributed by atoms with van der Waals surface area (Å²) in [6.07, 6.45) is 0. The van der Waals surface area contributed by atoms with E-state index in [0.717, 1.165) is 0 Å². The lowest BCUT2D eigenvalue weighted by atomic mass is 10.1.